The molecule has 10 heavy (non-hydrogen) atoms. The average molecular weight is 247 g/mol. The molecule has 1 rings (SSSR count). The fourth-order valence-corrected chi connectivity index (χ4v) is 1.91. The first-order chi connectivity index (χ1) is 4.43. The van der Waals surface area contributed by atoms with Gasteiger partial charge in [0.25, 0.3) is 0 Å². The normalized spacial score (nSPS) is 8.90. The van der Waals surface area contributed by atoms with Crippen molar-refractivity contribution in [2.24, 2.45) is 0 Å². The van der Waals surface area contributed by atoms with Crippen LogP contribution in [-0.2, 0) is 32.7 Å². The molecule has 0 aliphatic heterocycles. The van der Waals surface area contributed by atoms with Gasteiger partial charge in [0, 0.05) is 32.7 Å². The van der Waals surface area contributed by atoms with Crippen LogP contribution in [0, 0.1) is 6.20 Å². The number of nitrogens with zero attached hydrogens (tertiary/aromatic N) is 1. The molecule has 0 fully saturated rings. The smallest absolute Gasteiger partial charge is 0 e. The third-order valence-corrected chi connectivity index (χ3v) is 2.91. The summed E-state index contributed by atoms with van der Waals surface area (Å²) >= 11 is 3.46. The SMILES string of the molecule is CCCSc1n[c-]cs1.[Y]. The van der Waals surface area contributed by atoms with E-state index < -0.39 is 0 Å². The summed E-state index contributed by atoms with van der Waals surface area (Å²) in [5.74, 6) is 1.17. The van der Waals surface area contributed by atoms with Crippen molar-refractivity contribution >= 4 is 23.1 Å². The zero-order valence-electron chi connectivity index (χ0n) is 5.83. The molecule has 0 bridgehead atoms. The van der Waals surface area contributed by atoms with Gasteiger partial charge in [-0.25, -0.2) is 11.3 Å². The standard InChI is InChI=1S/C6H8NS2.Y/c1-2-4-8-6-7-3-5-9-6;/h5H,2,4H2,1H3;/q-1;. The van der Waals surface area contributed by atoms with Gasteiger partial charge >= 0.3 is 0 Å². The van der Waals surface area contributed by atoms with Crippen LogP contribution in [0.1, 0.15) is 13.3 Å². The van der Waals surface area contributed by atoms with Crippen LogP contribution in [-0.4, -0.2) is 10.7 Å². The van der Waals surface area contributed by atoms with Crippen molar-refractivity contribution in [2.45, 2.75) is 17.7 Å². The number of thiazole rings is 1. The van der Waals surface area contributed by atoms with E-state index in [2.05, 4.69) is 18.1 Å². The van der Waals surface area contributed by atoms with E-state index in [-0.39, 0.29) is 32.7 Å². The Morgan fingerprint density at radius 2 is 2.60 bits per heavy atom. The van der Waals surface area contributed by atoms with E-state index in [1.54, 1.807) is 23.1 Å². The van der Waals surface area contributed by atoms with Crippen molar-refractivity contribution in [2.75, 3.05) is 5.75 Å². The molecule has 0 aliphatic rings. The zero-order valence-corrected chi connectivity index (χ0v) is 10.3. The second kappa shape index (κ2) is 6.77. The summed E-state index contributed by atoms with van der Waals surface area (Å²) in [6.45, 7) is 2.17. The maximum Gasteiger partial charge on any atom is 0 e. The second-order valence-electron chi connectivity index (χ2n) is 1.59. The molecule has 0 saturated carbocycles. The molecule has 1 radical (unpaired) electrons. The third-order valence-electron chi connectivity index (χ3n) is 0.798. The predicted octanol–water partition coefficient (Wildman–Crippen LogP) is 2.44. The van der Waals surface area contributed by atoms with Crippen LogP contribution in [0.25, 0.3) is 0 Å². The van der Waals surface area contributed by atoms with Crippen LogP contribution in [0.15, 0.2) is 9.72 Å². The zero-order chi connectivity index (χ0) is 6.53. The maximum atomic E-state index is 4.01. The van der Waals surface area contributed by atoms with E-state index in [4.69, 9.17) is 0 Å². The van der Waals surface area contributed by atoms with Crippen molar-refractivity contribution < 1.29 is 32.7 Å². The first-order valence-electron chi connectivity index (χ1n) is 2.88. The van der Waals surface area contributed by atoms with Gasteiger partial charge in [-0.3, -0.25) is 0 Å². The van der Waals surface area contributed by atoms with Crippen LogP contribution in [0.5, 0.6) is 0 Å². The van der Waals surface area contributed by atoms with Crippen molar-refractivity contribution in [1.82, 2.24) is 4.98 Å². The quantitative estimate of drug-likeness (QED) is 0.601. The summed E-state index contributed by atoms with van der Waals surface area (Å²) in [5, 5.41) is 1.89. The molecule has 53 valence electrons. The van der Waals surface area contributed by atoms with Gasteiger partial charge < -0.3 is 4.98 Å². The van der Waals surface area contributed by atoms with Crippen molar-refractivity contribution in [1.29, 1.82) is 0 Å². The predicted molar refractivity (Wildman–Crippen MR) is 42.0 cm³/mol. The van der Waals surface area contributed by atoms with Gasteiger partial charge in [0.15, 0.2) is 0 Å². The average Bonchev–Trinajstić information content (AvgIpc) is 2.34. The first-order valence-corrected chi connectivity index (χ1v) is 4.74. The monoisotopic (exact) mass is 247 g/mol. The summed E-state index contributed by atoms with van der Waals surface area (Å²) < 4.78 is 1.14. The molecule has 1 heterocycles. The van der Waals surface area contributed by atoms with Gasteiger partial charge in [-0.05, 0) is 16.5 Å². The Kier molecular flexibility index (Phi) is 7.51. The fourth-order valence-electron chi connectivity index (χ4n) is 0.438. The molecule has 1 nitrogen and oxygen atoms in total. The Labute approximate surface area is 94.9 Å². The minimum atomic E-state index is 0. The summed E-state index contributed by atoms with van der Waals surface area (Å²) in [6, 6.07) is 0. The van der Waals surface area contributed by atoms with Crippen molar-refractivity contribution in [3.63, 3.8) is 0 Å². The minimum Gasteiger partial charge on any atom is -0.437 e. The second-order valence-corrected chi connectivity index (χ2v) is 3.79. The molecular weight excluding hydrogens is 239 g/mol. The molecule has 0 unspecified atom stereocenters. The van der Waals surface area contributed by atoms with Crippen molar-refractivity contribution in [3.05, 3.63) is 11.6 Å². The number of rotatable bonds is 3. The van der Waals surface area contributed by atoms with Gasteiger partial charge in [-0.1, -0.05) is 12.3 Å². The summed E-state index contributed by atoms with van der Waals surface area (Å²) in [4.78, 5) is 4.01. The summed E-state index contributed by atoms with van der Waals surface area (Å²) in [6.07, 6.45) is 4.00. The van der Waals surface area contributed by atoms with Gasteiger partial charge in [-0.2, -0.15) is 11.8 Å². The molecule has 1 aromatic rings. The first kappa shape index (κ1) is 11.1. The van der Waals surface area contributed by atoms with E-state index in [0.717, 1.165) is 4.34 Å². The molecule has 0 spiro atoms. The Balaban J connectivity index is 0.000000810. The van der Waals surface area contributed by atoms with Gasteiger partial charge in [-0.15, -0.1) is 6.20 Å². The minimum absolute atomic E-state index is 0. The number of hydrogen-bond acceptors (Lipinski definition) is 3. The number of thioether (sulfide) groups is 1. The molecule has 0 aromatic carbocycles. The molecule has 0 amide bonds. The van der Waals surface area contributed by atoms with Crippen LogP contribution in [0.4, 0.5) is 0 Å². The Hall–Kier alpha value is 1.08. The van der Waals surface area contributed by atoms with E-state index in [1.807, 2.05) is 5.38 Å². The Morgan fingerprint density at radius 1 is 1.80 bits per heavy atom. The van der Waals surface area contributed by atoms with E-state index in [0.29, 0.717) is 0 Å². The number of aromatic nitrogens is 1. The van der Waals surface area contributed by atoms with Gasteiger partial charge in [0.2, 0.25) is 0 Å². The topological polar surface area (TPSA) is 12.9 Å². The number of hydrogen-bond donors (Lipinski definition) is 0. The molecule has 0 saturated heterocycles. The maximum absolute atomic E-state index is 4.01. The largest absolute Gasteiger partial charge is 0.437 e. The Morgan fingerprint density at radius 3 is 3.10 bits per heavy atom. The molecule has 4 heteroatoms. The molecular formula is C6H8NS2Y-. The van der Waals surface area contributed by atoms with Crippen LogP contribution in [0.3, 0.4) is 0 Å². The summed E-state index contributed by atoms with van der Waals surface area (Å²) in [5.41, 5.74) is 0. The fraction of sp³-hybridized carbons (Fsp3) is 0.500. The van der Waals surface area contributed by atoms with Crippen LogP contribution < -0.4 is 0 Å². The van der Waals surface area contributed by atoms with Gasteiger partial charge in [0.05, 0.1) is 0 Å². The van der Waals surface area contributed by atoms with E-state index in [1.165, 1.54) is 12.2 Å². The summed E-state index contributed by atoms with van der Waals surface area (Å²) in [7, 11) is 0. The van der Waals surface area contributed by atoms with E-state index >= 15 is 0 Å². The molecule has 1 aromatic heterocycles. The molecule has 0 N–H and O–H groups in total. The Bertz CT molecular complexity index is 153. The molecule has 0 atom stereocenters. The van der Waals surface area contributed by atoms with Gasteiger partial charge in [0.1, 0.15) is 0 Å². The third kappa shape index (κ3) is 4.07. The molecule has 0 aliphatic carbocycles. The van der Waals surface area contributed by atoms with E-state index in [9.17, 15) is 0 Å². The van der Waals surface area contributed by atoms with Crippen molar-refractivity contribution in [3.8, 4) is 0 Å². The van der Waals surface area contributed by atoms with Crippen LogP contribution in [0.2, 0.25) is 0 Å². The van der Waals surface area contributed by atoms with Crippen LogP contribution >= 0.6 is 23.1 Å².